The summed E-state index contributed by atoms with van der Waals surface area (Å²) in [5, 5.41) is 4.92. The Morgan fingerprint density at radius 2 is 2.12 bits per heavy atom. The van der Waals surface area contributed by atoms with Crippen LogP contribution in [0.3, 0.4) is 0 Å². The molecule has 1 unspecified atom stereocenters. The fourth-order valence-electron chi connectivity index (χ4n) is 3.31. The number of amides is 1. The maximum atomic E-state index is 12.5. The molecule has 8 heteroatoms. The molecule has 1 fully saturated rings. The quantitative estimate of drug-likeness (QED) is 0.777. The molecule has 26 heavy (non-hydrogen) atoms. The number of hydrogen-bond donors (Lipinski definition) is 2. The van der Waals surface area contributed by atoms with E-state index >= 15 is 0 Å². The number of carbonyl (C=O) groups excluding carboxylic acids is 1. The minimum atomic E-state index is -3.52. The Balaban J connectivity index is 1.67. The second kappa shape index (κ2) is 7.87. The molecular weight excluding hydrogens is 370 g/mol. The summed E-state index contributed by atoms with van der Waals surface area (Å²) >= 11 is 1.74. The number of quaternary nitrogens is 1. The van der Waals surface area contributed by atoms with Crippen molar-refractivity contribution in [1.29, 1.82) is 0 Å². The van der Waals surface area contributed by atoms with Crippen LogP contribution in [0.2, 0.25) is 0 Å². The molecule has 1 aromatic heterocycles. The molecule has 1 aromatic carbocycles. The van der Waals surface area contributed by atoms with Gasteiger partial charge in [0.1, 0.15) is 6.04 Å². The van der Waals surface area contributed by atoms with Crippen LogP contribution in [0.15, 0.2) is 46.7 Å². The van der Waals surface area contributed by atoms with Gasteiger partial charge in [0.2, 0.25) is 10.0 Å². The standard InChI is InChI=1S/C18H23N3O3S2/c1-20(2)26(23,24)15-7-3-6-14(12-15)19-18(22)13-21-10-4-8-16(21)17-9-5-11-25-17/h3,5-7,9,11-12,16H,4,8,10,13H2,1-2H3,(H,19,22)/p+1/t16-/m1/s1. The molecule has 0 aliphatic carbocycles. The Kier molecular flexibility index (Phi) is 5.76. The number of carbonyl (C=O) groups is 1. The summed E-state index contributed by atoms with van der Waals surface area (Å²) in [6.45, 7) is 1.36. The second-order valence-electron chi connectivity index (χ2n) is 6.66. The molecule has 140 valence electrons. The zero-order valence-corrected chi connectivity index (χ0v) is 16.6. The third kappa shape index (κ3) is 4.15. The number of sulfonamides is 1. The van der Waals surface area contributed by atoms with Crippen LogP contribution in [0.4, 0.5) is 5.69 Å². The topological polar surface area (TPSA) is 70.9 Å². The molecule has 0 saturated carbocycles. The largest absolute Gasteiger partial charge is 0.321 e. The summed E-state index contributed by atoms with van der Waals surface area (Å²) < 4.78 is 25.6. The van der Waals surface area contributed by atoms with E-state index in [0.29, 0.717) is 18.3 Å². The van der Waals surface area contributed by atoms with Crippen molar-refractivity contribution in [2.75, 3.05) is 32.5 Å². The Bertz CT molecular complexity index is 864. The number of anilines is 1. The van der Waals surface area contributed by atoms with Crippen molar-refractivity contribution < 1.29 is 18.1 Å². The lowest BCUT2D eigenvalue weighted by Crippen LogP contribution is -3.11. The first kappa shape index (κ1) is 19.0. The van der Waals surface area contributed by atoms with E-state index in [1.165, 1.54) is 36.0 Å². The number of likely N-dealkylation sites (tertiary alicyclic amines) is 1. The van der Waals surface area contributed by atoms with Gasteiger partial charge in [-0.05, 0) is 29.6 Å². The van der Waals surface area contributed by atoms with Gasteiger partial charge in [-0.2, -0.15) is 0 Å². The minimum Gasteiger partial charge on any atom is -0.321 e. The molecule has 1 aliphatic heterocycles. The molecule has 0 bridgehead atoms. The lowest BCUT2D eigenvalue weighted by atomic mass is 10.2. The SMILES string of the molecule is CN(C)S(=O)(=O)c1cccc(NC(=O)C[NH+]2CCC[C@@H]2c2cccs2)c1. The number of thiophene rings is 1. The molecule has 3 rings (SSSR count). The maximum absolute atomic E-state index is 12.5. The summed E-state index contributed by atoms with van der Waals surface area (Å²) in [4.78, 5) is 15.3. The molecule has 1 aliphatic rings. The van der Waals surface area contributed by atoms with Crippen molar-refractivity contribution in [3.05, 3.63) is 46.7 Å². The van der Waals surface area contributed by atoms with E-state index < -0.39 is 10.0 Å². The molecule has 1 amide bonds. The Morgan fingerprint density at radius 3 is 2.81 bits per heavy atom. The van der Waals surface area contributed by atoms with Crippen LogP contribution in [-0.4, -0.2) is 45.8 Å². The first-order valence-electron chi connectivity index (χ1n) is 8.58. The Hall–Kier alpha value is -1.74. The maximum Gasteiger partial charge on any atom is 0.279 e. The van der Waals surface area contributed by atoms with Gasteiger partial charge < -0.3 is 10.2 Å². The van der Waals surface area contributed by atoms with Crippen LogP contribution < -0.4 is 10.2 Å². The predicted molar refractivity (Wildman–Crippen MR) is 103 cm³/mol. The fourth-order valence-corrected chi connectivity index (χ4v) is 5.18. The summed E-state index contributed by atoms with van der Waals surface area (Å²) in [5.41, 5.74) is 0.504. The van der Waals surface area contributed by atoms with E-state index in [1.807, 2.05) is 6.07 Å². The highest BCUT2D eigenvalue weighted by Gasteiger charge is 2.32. The van der Waals surface area contributed by atoms with Crippen molar-refractivity contribution in [3.8, 4) is 0 Å². The van der Waals surface area contributed by atoms with Crippen LogP contribution in [0.5, 0.6) is 0 Å². The highest BCUT2D eigenvalue weighted by molar-refractivity contribution is 7.89. The fraction of sp³-hybridized carbons (Fsp3) is 0.389. The molecule has 6 nitrogen and oxygen atoms in total. The van der Waals surface area contributed by atoms with Crippen molar-refractivity contribution in [3.63, 3.8) is 0 Å². The molecule has 0 spiro atoms. The van der Waals surface area contributed by atoms with E-state index in [1.54, 1.807) is 23.5 Å². The Labute approximate surface area is 158 Å². The number of nitrogens with zero attached hydrogens (tertiary/aromatic N) is 1. The average molecular weight is 395 g/mol. The summed E-state index contributed by atoms with van der Waals surface area (Å²) in [6.07, 6.45) is 2.21. The van der Waals surface area contributed by atoms with Gasteiger partial charge in [0, 0.05) is 32.6 Å². The van der Waals surface area contributed by atoms with Gasteiger partial charge in [0.15, 0.2) is 6.54 Å². The lowest BCUT2D eigenvalue weighted by molar-refractivity contribution is -0.910. The third-order valence-electron chi connectivity index (χ3n) is 4.65. The number of rotatable bonds is 6. The van der Waals surface area contributed by atoms with Gasteiger partial charge in [-0.1, -0.05) is 12.1 Å². The van der Waals surface area contributed by atoms with Gasteiger partial charge in [-0.25, -0.2) is 12.7 Å². The third-order valence-corrected chi connectivity index (χ3v) is 7.45. The molecule has 2 aromatic rings. The summed E-state index contributed by atoms with van der Waals surface area (Å²) in [6, 6.07) is 10.9. The highest BCUT2D eigenvalue weighted by atomic mass is 32.2. The minimum absolute atomic E-state index is 0.0946. The number of hydrogen-bond acceptors (Lipinski definition) is 4. The monoisotopic (exact) mass is 394 g/mol. The number of nitrogens with one attached hydrogen (secondary N) is 2. The highest BCUT2D eigenvalue weighted by Crippen LogP contribution is 2.23. The Morgan fingerprint density at radius 1 is 1.31 bits per heavy atom. The summed E-state index contributed by atoms with van der Waals surface area (Å²) in [5.74, 6) is -0.0946. The lowest BCUT2D eigenvalue weighted by Gasteiger charge is -2.20. The second-order valence-corrected chi connectivity index (χ2v) is 9.79. The van der Waals surface area contributed by atoms with Crippen molar-refractivity contribution >= 4 is 33.0 Å². The van der Waals surface area contributed by atoms with Crippen LogP contribution in [0.25, 0.3) is 0 Å². The first-order chi connectivity index (χ1) is 12.4. The van der Waals surface area contributed by atoms with Crippen molar-refractivity contribution in [1.82, 2.24) is 4.31 Å². The van der Waals surface area contributed by atoms with Gasteiger partial charge in [0.25, 0.3) is 5.91 Å². The van der Waals surface area contributed by atoms with Gasteiger partial charge in [-0.15, -0.1) is 11.3 Å². The van der Waals surface area contributed by atoms with E-state index in [9.17, 15) is 13.2 Å². The zero-order valence-electron chi connectivity index (χ0n) is 14.9. The van der Waals surface area contributed by atoms with Crippen LogP contribution in [-0.2, 0) is 14.8 Å². The van der Waals surface area contributed by atoms with E-state index in [0.717, 1.165) is 23.7 Å². The molecule has 1 saturated heterocycles. The zero-order chi connectivity index (χ0) is 18.7. The predicted octanol–water partition coefficient (Wildman–Crippen LogP) is 1.36. The van der Waals surface area contributed by atoms with Crippen molar-refractivity contribution in [2.24, 2.45) is 0 Å². The molecule has 2 heterocycles. The first-order valence-corrected chi connectivity index (χ1v) is 10.9. The van der Waals surface area contributed by atoms with Gasteiger partial charge >= 0.3 is 0 Å². The smallest absolute Gasteiger partial charge is 0.279 e. The molecule has 2 N–H and O–H groups in total. The van der Waals surface area contributed by atoms with E-state index in [2.05, 4.69) is 16.8 Å². The molecule has 0 radical (unpaired) electrons. The van der Waals surface area contributed by atoms with Crippen LogP contribution >= 0.6 is 11.3 Å². The molecule has 2 atom stereocenters. The normalized spacial score (nSPS) is 20.4. The van der Waals surface area contributed by atoms with Gasteiger partial charge in [0.05, 0.1) is 16.3 Å². The van der Waals surface area contributed by atoms with Crippen molar-refractivity contribution in [2.45, 2.75) is 23.8 Å². The average Bonchev–Trinajstić information content (AvgIpc) is 3.26. The van der Waals surface area contributed by atoms with Crippen LogP contribution in [0.1, 0.15) is 23.8 Å². The molecular formula is C18H24N3O3S2+. The van der Waals surface area contributed by atoms with E-state index in [-0.39, 0.29) is 10.8 Å². The summed E-state index contributed by atoms with van der Waals surface area (Å²) in [7, 11) is -0.541. The number of benzene rings is 1. The van der Waals surface area contributed by atoms with E-state index in [4.69, 9.17) is 0 Å². The van der Waals surface area contributed by atoms with Crippen LogP contribution in [0, 0.1) is 0 Å². The van der Waals surface area contributed by atoms with Gasteiger partial charge in [-0.3, -0.25) is 4.79 Å².